The number of aromatic nitrogens is 2. The molecule has 0 unspecified atom stereocenters. The van der Waals surface area contributed by atoms with E-state index < -0.39 is 16.2 Å². The van der Waals surface area contributed by atoms with Crippen molar-refractivity contribution in [2.45, 2.75) is 26.5 Å². The van der Waals surface area contributed by atoms with Gasteiger partial charge in [-0.25, -0.2) is 4.98 Å². The molecule has 0 saturated carbocycles. The van der Waals surface area contributed by atoms with Crippen molar-refractivity contribution in [1.29, 1.82) is 0 Å². The second-order valence-corrected chi connectivity index (χ2v) is 6.45. The summed E-state index contributed by atoms with van der Waals surface area (Å²) in [5, 5.41) is 11.5. The highest BCUT2D eigenvalue weighted by Crippen LogP contribution is 2.24. The molecule has 0 amide bonds. The van der Waals surface area contributed by atoms with Crippen molar-refractivity contribution in [3.8, 4) is 5.75 Å². The molecular formula is C19H20N4O4. The zero-order valence-corrected chi connectivity index (χ0v) is 15.3. The fourth-order valence-corrected chi connectivity index (χ4v) is 2.83. The first-order valence-electron chi connectivity index (χ1n) is 8.49. The van der Waals surface area contributed by atoms with E-state index in [1.165, 1.54) is 10.6 Å². The molecule has 0 aliphatic carbocycles. The van der Waals surface area contributed by atoms with Gasteiger partial charge in [0.05, 0.1) is 11.0 Å². The monoisotopic (exact) mass is 368 g/mol. The van der Waals surface area contributed by atoms with Gasteiger partial charge < -0.3 is 9.64 Å². The summed E-state index contributed by atoms with van der Waals surface area (Å²) in [6, 6.07) is 12.5. The second-order valence-electron chi connectivity index (χ2n) is 6.45. The zero-order valence-electron chi connectivity index (χ0n) is 15.3. The van der Waals surface area contributed by atoms with Crippen LogP contribution in [0.2, 0.25) is 0 Å². The van der Waals surface area contributed by atoms with Gasteiger partial charge in [0.1, 0.15) is 11.4 Å². The van der Waals surface area contributed by atoms with E-state index in [0.717, 1.165) is 11.3 Å². The van der Waals surface area contributed by atoms with Gasteiger partial charge >= 0.3 is 11.2 Å². The van der Waals surface area contributed by atoms with Gasteiger partial charge in [0.15, 0.2) is 0 Å². The first-order valence-corrected chi connectivity index (χ1v) is 8.49. The Kier molecular flexibility index (Phi) is 5.07. The molecule has 8 nitrogen and oxygen atoms in total. The van der Waals surface area contributed by atoms with E-state index in [4.69, 9.17) is 4.74 Å². The molecule has 0 spiro atoms. The summed E-state index contributed by atoms with van der Waals surface area (Å²) >= 11 is 0. The average molecular weight is 368 g/mol. The molecule has 2 heterocycles. The Hall–Kier alpha value is -3.42. The number of hydrogen-bond acceptors (Lipinski definition) is 6. The standard InChI is InChI=1S/C19H20N4O4/c1-13(2)27-15-8-6-7-14(11-15)12-21(3)18-17(23(25)26)19(24)22-10-5-4-9-16(22)20-18/h4-11,13H,12H2,1-3H3. The fourth-order valence-electron chi connectivity index (χ4n) is 2.83. The lowest BCUT2D eigenvalue weighted by Gasteiger charge is -2.19. The van der Waals surface area contributed by atoms with Crippen molar-refractivity contribution in [3.05, 3.63) is 74.7 Å². The predicted octanol–water partition coefficient (Wildman–Crippen LogP) is 3.03. The number of anilines is 1. The maximum Gasteiger partial charge on any atom is 0.376 e. The van der Waals surface area contributed by atoms with Gasteiger partial charge in [0.2, 0.25) is 5.82 Å². The van der Waals surface area contributed by atoms with Crippen molar-refractivity contribution in [1.82, 2.24) is 9.38 Å². The van der Waals surface area contributed by atoms with Crippen LogP contribution in [-0.4, -0.2) is 27.5 Å². The van der Waals surface area contributed by atoms with Crippen molar-refractivity contribution in [3.63, 3.8) is 0 Å². The molecule has 2 aromatic heterocycles. The Morgan fingerprint density at radius 2 is 2.04 bits per heavy atom. The van der Waals surface area contributed by atoms with Crippen molar-refractivity contribution < 1.29 is 9.66 Å². The van der Waals surface area contributed by atoms with E-state index in [0.29, 0.717) is 12.2 Å². The van der Waals surface area contributed by atoms with E-state index in [1.54, 1.807) is 30.1 Å². The third kappa shape index (κ3) is 3.89. The van der Waals surface area contributed by atoms with E-state index in [9.17, 15) is 14.9 Å². The van der Waals surface area contributed by atoms with Crippen LogP contribution in [0.4, 0.5) is 11.5 Å². The van der Waals surface area contributed by atoms with Crippen LogP contribution >= 0.6 is 0 Å². The summed E-state index contributed by atoms with van der Waals surface area (Å²) in [5.74, 6) is 0.753. The van der Waals surface area contributed by atoms with E-state index in [1.807, 2.05) is 38.1 Å². The normalized spacial score (nSPS) is 11.0. The van der Waals surface area contributed by atoms with Gasteiger partial charge in [0.25, 0.3) is 0 Å². The molecule has 0 atom stereocenters. The smallest absolute Gasteiger partial charge is 0.376 e. The number of benzene rings is 1. The molecule has 3 rings (SSSR count). The largest absolute Gasteiger partial charge is 0.491 e. The highest BCUT2D eigenvalue weighted by Gasteiger charge is 2.26. The molecule has 0 radical (unpaired) electrons. The lowest BCUT2D eigenvalue weighted by molar-refractivity contribution is -0.385. The van der Waals surface area contributed by atoms with Gasteiger partial charge in [-0.15, -0.1) is 0 Å². The number of rotatable bonds is 6. The van der Waals surface area contributed by atoms with Crippen LogP contribution in [-0.2, 0) is 6.54 Å². The minimum Gasteiger partial charge on any atom is -0.491 e. The van der Waals surface area contributed by atoms with Crippen molar-refractivity contribution in [2.24, 2.45) is 0 Å². The van der Waals surface area contributed by atoms with E-state index >= 15 is 0 Å². The minimum atomic E-state index is -0.704. The van der Waals surface area contributed by atoms with Gasteiger partial charge in [-0.3, -0.25) is 19.3 Å². The molecule has 1 aromatic carbocycles. The van der Waals surface area contributed by atoms with Crippen molar-refractivity contribution in [2.75, 3.05) is 11.9 Å². The summed E-state index contributed by atoms with van der Waals surface area (Å²) in [7, 11) is 1.67. The molecule has 8 heteroatoms. The van der Waals surface area contributed by atoms with E-state index in [-0.39, 0.29) is 11.9 Å². The molecule has 0 fully saturated rings. The summed E-state index contributed by atoms with van der Waals surface area (Å²) < 4.78 is 6.86. The molecule has 0 saturated heterocycles. The summed E-state index contributed by atoms with van der Waals surface area (Å²) in [4.78, 5) is 29.3. The number of fused-ring (bicyclic) bond motifs is 1. The maximum absolute atomic E-state index is 12.6. The van der Waals surface area contributed by atoms with Crippen LogP contribution in [0.15, 0.2) is 53.5 Å². The fraction of sp³-hybridized carbons (Fsp3) is 0.263. The number of hydrogen-bond donors (Lipinski definition) is 0. The van der Waals surface area contributed by atoms with Crippen LogP contribution in [0.1, 0.15) is 19.4 Å². The lowest BCUT2D eigenvalue weighted by Crippen LogP contribution is -2.26. The molecule has 3 aromatic rings. The first-order chi connectivity index (χ1) is 12.9. The quantitative estimate of drug-likeness (QED) is 0.491. The first kappa shape index (κ1) is 18.4. The Morgan fingerprint density at radius 1 is 1.26 bits per heavy atom. The van der Waals surface area contributed by atoms with Crippen LogP contribution in [0.3, 0.4) is 0 Å². The van der Waals surface area contributed by atoms with Crippen LogP contribution in [0, 0.1) is 10.1 Å². The van der Waals surface area contributed by atoms with E-state index in [2.05, 4.69) is 4.98 Å². The van der Waals surface area contributed by atoms with Gasteiger partial charge in [-0.05, 0) is 43.7 Å². The third-order valence-electron chi connectivity index (χ3n) is 3.93. The Balaban J connectivity index is 2.00. The Labute approximate surface area is 155 Å². The van der Waals surface area contributed by atoms with Gasteiger partial charge in [-0.2, -0.15) is 0 Å². The molecular weight excluding hydrogens is 348 g/mol. The Bertz CT molecular complexity index is 1050. The number of ether oxygens (including phenoxy) is 1. The summed E-state index contributed by atoms with van der Waals surface area (Å²) in [5.41, 5.74) is -0.00743. The van der Waals surface area contributed by atoms with Crippen LogP contribution in [0.25, 0.3) is 5.65 Å². The number of nitro groups is 1. The summed E-state index contributed by atoms with van der Waals surface area (Å²) in [6.45, 7) is 4.22. The van der Waals surface area contributed by atoms with Gasteiger partial charge in [-0.1, -0.05) is 18.2 Å². The van der Waals surface area contributed by atoms with Crippen LogP contribution < -0.4 is 15.2 Å². The molecule has 0 aliphatic rings. The van der Waals surface area contributed by atoms with Crippen molar-refractivity contribution >= 4 is 17.2 Å². The maximum atomic E-state index is 12.6. The molecule has 0 N–H and O–H groups in total. The SMILES string of the molecule is CC(C)Oc1cccc(CN(C)c2nc3ccccn3c(=O)c2[N+](=O)[O-])c1. The van der Waals surface area contributed by atoms with Gasteiger partial charge in [0, 0.05) is 19.8 Å². The number of pyridine rings is 1. The molecule has 0 bridgehead atoms. The van der Waals surface area contributed by atoms with Crippen LogP contribution in [0.5, 0.6) is 5.75 Å². The molecule has 27 heavy (non-hydrogen) atoms. The highest BCUT2D eigenvalue weighted by atomic mass is 16.6. The minimum absolute atomic E-state index is 0.0337. The average Bonchev–Trinajstić information content (AvgIpc) is 2.61. The molecule has 0 aliphatic heterocycles. The zero-order chi connectivity index (χ0) is 19.6. The second kappa shape index (κ2) is 7.45. The highest BCUT2D eigenvalue weighted by molar-refractivity contribution is 5.61. The Morgan fingerprint density at radius 3 is 2.74 bits per heavy atom. The molecule has 140 valence electrons. The lowest BCUT2D eigenvalue weighted by atomic mass is 10.2. The topological polar surface area (TPSA) is 90.0 Å². The number of nitrogens with zero attached hydrogens (tertiary/aromatic N) is 4. The predicted molar refractivity (Wildman–Crippen MR) is 102 cm³/mol. The third-order valence-corrected chi connectivity index (χ3v) is 3.93. The summed E-state index contributed by atoms with van der Waals surface area (Å²) in [6.07, 6.45) is 1.51.